The lowest BCUT2D eigenvalue weighted by Crippen LogP contribution is -2.44. The molecule has 20 heavy (non-hydrogen) atoms. The van der Waals surface area contributed by atoms with Gasteiger partial charge in [-0.3, -0.25) is 4.79 Å². The van der Waals surface area contributed by atoms with E-state index in [-0.39, 0.29) is 17.9 Å². The minimum atomic E-state index is 0.169. The molecule has 1 fully saturated rings. The van der Waals surface area contributed by atoms with E-state index in [1.54, 1.807) is 0 Å². The van der Waals surface area contributed by atoms with Crippen LogP contribution in [0, 0.1) is 17.3 Å². The Morgan fingerprint density at radius 2 is 1.85 bits per heavy atom. The number of rotatable bonds is 6. The summed E-state index contributed by atoms with van der Waals surface area (Å²) >= 11 is 0. The first kappa shape index (κ1) is 17.5. The third-order valence-corrected chi connectivity index (χ3v) is 4.86. The number of hydrogen-bond donors (Lipinski definition) is 2. The molecule has 1 atom stereocenters. The third-order valence-electron chi connectivity index (χ3n) is 4.86. The Balaban J connectivity index is 2.38. The predicted molar refractivity (Wildman–Crippen MR) is 85.4 cm³/mol. The SMILES string of the molecule is CCCCC(CN)NC(=O)C1CCC(C(C)(C)C)CC1. The Hall–Kier alpha value is -0.570. The van der Waals surface area contributed by atoms with Crippen LogP contribution in [-0.4, -0.2) is 18.5 Å². The Morgan fingerprint density at radius 3 is 2.30 bits per heavy atom. The van der Waals surface area contributed by atoms with Crippen LogP contribution in [-0.2, 0) is 4.79 Å². The maximum atomic E-state index is 12.3. The van der Waals surface area contributed by atoms with Gasteiger partial charge in [0.25, 0.3) is 0 Å². The molecular weight excluding hydrogens is 248 g/mol. The van der Waals surface area contributed by atoms with Crippen molar-refractivity contribution in [3.63, 3.8) is 0 Å². The second-order valence-electron chi connectivity index (χ2n) is 7.50. The van der Waals surface area contributed by atoms with E-state index in [1.807, 2.05) is 0 Å². The highest BCUT2D eigenvalue weighted by molar-refractivity contribution is 5.79. The molecule has 0 spiro atoms. The maximum Gasteiger partial charge on any atom is 0.223 e. The van der Waals surface area contributed by atoms with Crippen molar-refractivity contribution in [3.05, 3.63) is 0 Å². The molecule has 0 heterocycles. The van der Waals surface area contributed by atoms with Gasteiger partial charge >= 0.3 is 0 Å². The van der Waals surface area contributed by atoms with Gasteiger partial charge in [0, 0.05) is 18.5 Å². The largest absolute Gasteiger partial charge is 0.352 e. The molecule has 1 unspecified atom stereocenters. The zero-order valence-corrected chi connectivity index (χ0v) is 13.9. The molecule has 3 heteroatoms. The molecule has 1 saturated carbocycles. The normalized spacial score (nSPS) is 25.2. The number of nitrogens with two attached hydrogens (primary N) is 1. The van der Waals surface area contributed by atoms with Crippen LogP contribution in [0.15, 0.2) is 0 Å². The van der Waals surface area contributed by atoms with Gasteiger partial charge in [-0.15, -0.1) is 0 Å². The highest BCUT2D eigenvalue weighted by Crippen LogP contribution is 2.39. The number of carbonyl (C=O) groups is 1. The van der Waals surface area contributed by atoms with Crippen LogP contribution in [0.2, 0.25) is 0 Å². The summed E-state index contributed by atoms with van der Waals surface area (Å²) in [6.07, 6.45) is 7.75. The molecule has 1 aliphatic rings. The van der Waals surface area contributed by atoms with E-state index in [0.29, 0.717) is 12.0 Å². The lowest BCUT2D eigenvalue weighted by molar-refractivity contribution is -0.127. The summed E-state index contributed by atoms with van der Waals surface area (Å²) in [5.41, 5.74) is 6.13. The fourth-order valence-electron chi connectivity index (χ4n) is 3.24. The smallest absolute Gasteiger partial charge is 0.223 e. The zero-order valence-electron chi connectivity index (χ0n) is 13.9. The molecule has 0 radical (unpaired) electrons. The van der Waals surface area contributed by atoms with Crippen molar-refractivity contribution in [1.29, 1.82) is 0 Å². The Kier molecular flexibility index (Phi) is 7.01. The van der Waals surface area contributed by atoms with E-state index in [4.69, 9.17) is 5.73 Å². The van der Waals surface area contributed by atoms with E-state index in [9.17, 15) is 4.79 Å². The lowest BCUT2D eigenvalue weighted by atomic mass is 9.69. The molecule has 1 rings (SSSR count). The van der Waals surface area contributed by atoms with Crippen LogP contribution in [0.4, 0.5) is 0 Å². The molecule has 0 bridgehead atoms. The van der Waals surface area contributed by atoms with E-state index >= 15 is 0 Å². The molecule has 118 valence electrons. The number of nitrogens with one attached hydrogen (secondary N) is 1. The first-order chi connectivity index (χ1) is 9.38. The van der Waals surface area contributed by atoms with E-state index in [2.05, 4.69) is 33.0 Å². The standard InChI is InChI=1S/C17H34N2O/c1-5-6-7-15(12-18)19-16(20)13-8-10-14(11-9-13)17(2,3)4/h13-15H,5-12,18H2,1-4H3,(H,19,20). The predicted octanol–water partition coefficient (Wildman–Crippen LogP) is 3.47. The molecule has 3 N–H and O–H groups in total. The average molecular weight is 282 g/mol. The number of hydrogen-bond acceptors (Lipinski definition) is 2. The second-order valence-corrected chi connectivity index (χ2v) is 7.50. The van der Waals surface area contributed by atoms with Crippen LogP contribution in [0.3, 0.4) is 0 Å². The first-order valence-electron chi connectivity index (χ1n) is 8.38. The molecule has 0 aromatic heterocycles. The van der Waals surface area contributed by atoms with Crippen molar-refractivity contribution in [1.82, 2.24) is 5.32 Å². The van der Waals surface area contributed by atoms with Crippen molar-refractivity contribution < 1.29 is 4.79 Å². The average Bonchev–Trinajstić information content (AvgIpc) is 2.42. The van der Waals surface area contributed by atoms with E-state index < -0.39 is 0 Å². The fraction of sp³-hybridized carbons (Fsp3) is 0.941. The fourth-order valence-corrected chi connectivity index (χ4v) is 3.24. The minimum absolute atomic E-state index is 0.169. The van der Waals surface area contributed by atoms with Gasteiger partial charge in [0.2, 0.25) is 5.91 Å². The lowest BCUT2D eigenvalue weighted by Gasteiger charge is -2.36. The van der Waals surface area contributed by atoms with Gasteiger partial charge in [-0.05, 0) is 43.4 Å². The molecule has 1 amide bonds. The minimum Gasteiger partial charge on any atom is -0.352 e. The van der Waals surface area contributed by atoms with Crippen molar-refractivity contribution in [2.75, 3.05) is 6.54 Å². The number of unbranched alkanes of at least 4 members (excludes halogenated alkanes) is 1. The first-order valence-corrected chi connectivity index (χ1v) is 8.38. The summed E-state index contributed by atoms with van der Waals surface area (Å²) in [4.78, 5) is 12.3. The highest BCUT2D eigenvalue weighted by atomic mass is 16.1. The molecule has 3 nitrogen and oxygen atoms in total. The van der Waals surface area contributed by atoms with Gasteiger partial charge in [0.05, 0.1) is 0 Å². The maximum absolute atomic E-state index is 12.3. The Morgan fingerprint density at radius 1 is 1.25 bits per heavy atom. The van der Waals surface area contributed by atoms with Gasteiger partial charge in [-0.1, -0.05) is 40.5 Å². The monoisotopic (exact) mass is 282 g/mol. The Labute approximate surface area is 125 Å². The third kappa shape index (κ3) is 5.43. The zero-order chi connectivity index (χ0) is 15.2. The number of carbonyl (C=O) groups excluding carboxylic acids is 1. The van der Waals surface area contributed by atoms with Gasteiger partial charge in [-0.25, -0.2) is 0 Å². The summed E-state index contributed by atoms with van der Waals surface area (Å²) in [6.45, 7) is 9.67. The summed E-state index contributed by atoms with van der Waals surface area (Å²) in [7, 11) is 0. The quantitative estimate of drug-likeness (QED) is 0.783. The van der Waals surface area contributed by atoms with Crippen LogP contribution in [0.25, 0.3) is 0 Å². The molecule has 0 aromatic rings. The van der Waals surface area contributed by atoms with Crippen LogP contribution in [0.1, 0.15) is 72.6 Å². The van der Waals surface area contributed by atoms with Gasteiger partial charge in [0.15, 0.2) is 0 Å². The van der Waals surface area contributed by atoms with Crippen LogP contribution >= 0.6 is 0 Å². The van der Waals surface area contributed by atoms with Gasteiger partial charge < -0.3 is 11.1 Å². The van der Waals surface area contributed by atoms with Crippen LogP contribution in [0.5, 0.6) is 0 Å². The molecule has 0 aliphatic heterocycles. The highest BCUT2D eigenvalue weighted by Gasteiger charge is 2.32. The number of amides is 1. The summed E-state index contributed by atoms with van der Waals surface area (Å²) in [5.74, 6) is 1.21. The second kappa shape index (κ2) is 8.02. The summed E-state index contributed by atoms with van der Waals surface area (Å²) < 4.78 is 0. The van der Waals surface area contributed by atoms with Crippen molar-refractivity contribution in [2.45, 2.75) is 78.7 Å². The molecular formula is C17H34N2O. The van der Waals surface area contributed by atoms with Gasteiger partial charge in [-0.2, -0.15) is 0 Å². The topological polar surface area (TPSA) is 55.1 Å². The van der Waals surface area contributed by atoms with E-state index in [1.165, 1.54) is 12.8 Å². The van der Waals surface area contributed by atoms with Gasteiger partial charge in [0.1, 0.15) is 0 Å². The summed E-state index contributed by atoms with van der Waals surface area (Å²) in [6, 6.07) is 0.169. The van der Waals surface area contributed by atoms with Crippen LogP contribution < -0.4 is 11.1 Å². The van der Waals surface area contributed by atoms with E-state index in [0.717, 1.165) is 38.0 Å². The van der Waals surface area contributed by atoms with Crippen molar-refractivity contribution >= 4 is 5.91 Å². The summed E-state index contributed by atoms with van der Waals surface area (Å²) in [5, 5.41) is 3.16. The Bertz CT molecular complexity index is 288. The molecule has 1 aliphatic carbocycles. The molecule has 0 saturated heterocycles. The molecule has 0 aromatic carbocycles. The van der Waals surface area contributed by atoms with Crippen molar-refractivity contribution in [2.24, 2.45) is 23.0 Å². The van der Waals surface area contributed by atoms with Crippen molar-refractivity contribution in [3.8, 4) is 0 Å².